The second-order valence-corrected chi connectivity index (χ2v) is 9.81. The number of pyridine rings is 1. The number of sulfone groups is 1. The third-order valence-corrected chi connectivity index (χ3v) is 8.43. The highest BCUT2D eigenvalue weighted by Crippen LogP contribution is 2.47. The number of carbonyl (C=O) groups is 1. The molecule has 3 aliphatic rings. The van der Waals surface area contributed by atoms with E-state index in [0.29, 0.717) is 37.9 Å². The summed E-state index contributed by atoms with van der Waals surface area (Å²) in [5, 5.41) is 0. The second-order valence-electron chi connectivity index (χ2n) is 7.36. The lowest BCUT2D eigenvalue weighted by Crippen LogP contribution is -2.69. The first kappa shape index (κ1) is 15.9. The van der Waals surface area contributed by atoms with E-state index in [1.54, 1.807) is 17.2 Å². The molecule has 2 aliphatic heterocycles. The molecule has 1 amide bonds. The molecule has 4 rings (SSSR count). The molecule has 0 aromatic carbocycles. The molecule has 2 saturated heterocycles. The average molecular weight is 350 g/mol. The molecular weight excluding hydrogens is 328 g/mol. The number of aromatic nitrogens is 1. The predicted octanol–water partition coefficient (Wildman–Crippen LogP) is 1.13. The van der Waals surface area contributed by atoms with E-state index in [-0.39, 0.29) is 23.5 Å². The number of hydrogen-bond donors (Lipinski definition) is 0. The summed E-state index contributed by atoms with van der Waals surface area (Å²) >= 11 is 0. The largest absolute Gasteiger partial charge is 0.477 e. The van der Waals surface area contributed by atoms with Crippen molar-refractivity contribution in [2.24, 2.45) is 17.8 Å². The molecule has 130 valence electrons. The third-order valence-electron chi connectivity index (χ3n) is 5.82. The first-order valence-corrected chi connectivity index (χ1v) is 10.1. The molecule has 0 unspecified atom stereocenters. The normalized spacial score (nSPS) is 32.4. The van der Waals surface area contributed by atoms with Crippen molar-refractivity contribution in [1.29, 1.82) is 0 Å². The summed E-state index contributed by atoms with van der Waals surface area (Å²) in [5.41, 5.74) is 0. The molecule has 0 radical (unpaired) electrons. The fourth-order valence-corrected chi connectivity index (χ4v) is 6.38. The summed E-state index contributed by atoms with van der Waals surface area (Å²) in [4.78, 5) is 18.2. The molecule has 1 saturated carbocycles. The quantitative estimate of drug-likeness (QED) is 0.814. The van der Waals surface area contributed by atoms with E-state index in [0.717, 1.165) is 6.42 Å². The van der Waals surface area contributed by atoms with Crippen molar-refractivity contribution in [2.75, 3.05) is 25.4 Å². The van der Waals surface area contributed by atoms with E-state index in [2.05, 4.69) is 11.9 Å². The molecule has 6 nitrogen and oxygen atoms in total. The molecule has 3 fully saturated rings. The van der Waals surface area contributed by atoms with Gasteiger partial charge in [-0.15, -0.1) is 0 Å². The van der Waals surface area contributed by atoms with Gasteiger partial charge in [0.05, 0.1) is 12.4 Å². The van der Waals surface area contributed by atoms with Crippen LogP contribution in [-0.4, -0.2) is 54.4 Å². The summed E-state index contributed by atoms with van der Waals surface area (Å²) < 4.78 is 30.1. The lowest BCUT2D eigenvalue weighted by molar-refractivity contribution is -0.139. The van der Waals surface area contributed by atoms with Gasteiger partial charge in [0, 0.05) is 37.2 Å². The van der Waals surface area contributed by atoms with Crippen molar-refractivity contribution in [1.82, 2.24) is 9.88 Å². The molecule has 3 heterocycles. The average Bonchev–Trinajstić information content (AvgIpc) is 3.18. The van der Waals surface area contributed by atoms with E-state index < -0.39 is 14.6 Å². The second kappa shape index (κ2) is 5.44. The van der Waals surface area contributed by atoms with Crippen LogP contribution in [0.1, 0.15) is 19.8 Å². The summed E-state index contributed by atoms with van der Waals surface area (Å²) in [7, 11) is -3.18. The maximum absolute atomic E-state index is 12.6. The van der Waals surface area contributed by atoms with E-state index in [9.17, 15) is 13.2 Å². The van der Waals surface area contributed by atoms with Crippen molar-refractivity contribution in [3.63, 3.8) is 0 Å². The van der Waals surface area contributed by atoms with Gasteiger partial charge in [-0.25, -0.2) is 13.4 Å². The van der Waals surface area contributed by atoms with Gasteiger partial charge in [0.15, 0.2) is 9.84 Å². The Labute approximate surface area is 142 Å². The van der Waals surface area contributed by atoms with Gasteiger partial charge in [-0.3, -0.25) is 4.79 Å². The molecular formula is C17H22N2O4S. The fraction of sp³-hybridized carbons (Fsp3) is 0.647. The van der Waals surface area contributed by atoms with Gasteiger partial charge in [-0.1, -0.05) is 13.0 Å². The molecule has 1 spiro atoms. The molecule has 24 heavy (non-hydrogen) atoms. The summed E-state index contributed by atoms with van der Waals surface area (Å²) in [5.74, 6) is 1.29. The number of likely N-dealkylation sites (tertiary alicyclic amines) is 1. The van der Waals surface area contributed by atoms with E-state index in [1.807, 2.05) is 12.1 Å². The van der Waals surface area contributed by atoms with Gasteiger partial charge >= 0.3 is 0 Å². The van der Waals surface area contributed by atoms with Crippen LogP contribution in [0.5, 0.6) is 5.88 Å². The standard InChI is InChI=1S/C17H22N2O4S/c1-12-8-14(12)16(20)19-10-17(11-19)13(5-7-24(17,21)22)9-23-15-4-2-3-6-18-15/h2-4,6,12-14H,5,7-11H2,1H3/t12-,13+,14+/m1/s1. The van der Waals surface area contributed by atoms with Gasteiger partial charge < -0.3 is 9.64 Å². The Morgan fingerprint density at radius 1 is 1.42 bits per heavy atom. The molecule has 1 aromatic heterocycles. The third kappa shape index (κ3) is 2.41. The van der Waals surface area contributed by atoms with Crippen LogP contribution in [0.25, 0.3) is 0 Å². The van der Waals surface area contributed by atoms with Crippen molar-refractivity contribution in [3.8, 4) is 5.88 Å². The monoisotopic (exact) mass is 350 g/mol. The number of nitrogens with zero attached hydrogens (tertiary/aromatic N) is 2. The van der Waals surface area contributed by atoms with E-state index in [4.69, 9.17) is 4.74 Å². The Morgan fingerprint density at radius 3 is 2.79 bits per heavy atom. The molecule has 0 N–H and O–H groups in total. The summed E-state index contributed by atoms with van der Waals surface area (Å²) in [6.07, 6.45) is 3.18. The van der Waals surface area contributed by atoms with Crippen molar-refractivity contribution < 1.29 is 17.9 Å². The van der Waals surface area contributed by atoms with Gasteiger partial charge in [0.2, 0.25) is 11.8 Å². The van der Waals surface area contributed by atoms with Gasteiger partial charge in [0.1, 0.15) is 4.75 Å². The van der Waals surface area contributed by atoms with Gasteiger partial charge in [0.25, 0.3) is 0 Å². The van der Waals surface area contributed by atoms with E-state index in [1.165, 1.54) is 0 Å². The number of hydrogen-bond acceptors (Lipinski definition) is 5. The van der Waals surface area contributed by atoms with Crippen LogP contribution in [0.3, 0.4) is 0 Å². The minimum absolute atomic E-state index is 0.0785. The lowest BCUT2D eigenvalue weighted by Gasteiger charge is -2.50. The lowest BCUT2D eigenvalue weighted by atomic mass is 9.83. The first-order valence-electron chi connectivity index (χ1n) is 8.48. The highest BCUT2D eigenvalue weighted by molar-refractivity contribution is 7.93. The number of amides is 1. The number of carbonyl (C=O) groups excluding carboxylic acids is 1. The molecule has 0 bridgehead atoms. The molecule has 3 atom stereocenters. The minimum Gasteiger partial charge on any atom is -0.477 e. The van der Waals surface area contributed by atoms with Crippen molar-refractivity contribution >= 4 is 15.7 Å². The predicted molar refractivity (Wildman–Crippen MR) is 88.2 cm³/mol. The Morgan fingerprint density at radius 2 is 2.17 bits per heavy atom. The zero-order chi connectivity index (χ0) is 16.9. The van der Waals surface area contributed by atoms with Crippen LogP contribution in [0.2, 0.25) is 0 Å². The smallest absolute Gasteiger partial charge is 0.226 e. The van der Waals surface area contributed by atoms with Gasteiger partial charge in [-0.05, 0) is 24.8 Å². The first-order chi connectivity index (χ1) is 11.4. The molecule has 7 heteroatoms. The van der Waals surface area contributed by atoms with Crippen LogP contribution in [0, 0.1) is 17.8 Å². The Hall–Kier alpha value is -1.63. The summed E-state index contributed by atoms with van der Waals surface area (Å²) in [6, 6.07) is 5.41. The fourth-order valence-electron chi connectivity index (χ4n) is 3.98. The highest BCUT2D eigenvalue weighted by atomic mass is 32.2. The zero-order valence-electron chi connectivity index (χ0n) is 13.7. The Kier molecular flexibility index (Phi) is 3.60. The van der Waals surface area contributed by atoms with Gasteiger partial charge in [-0.2, -0.15) is 0 Å². The zero-order valence-corrected chi connectivity index (χ0v) is 14.5. The molecule has 1 aliphatic carbocycles. The SMILES string of the molecule is C[C@@H]1C[C@@H]1C(=O)N1CC2(C1)[C@H](COc1ccccn1)CCS2(=O)=O. The van der Waals surface area contributed by atoms with Crippen LogP contribution in [-0.2, 0) is 14.6 Å². The maximum atomic E-state index is 12.6. The maximum Gasteiger partial charge on any atom is 0.226 e. The van der Waals surface area contributed by atoms with Crippen molar-refractivity contribution in [3.05, 3.63) is 24.4 Å². The Balaban J connectivity index is 1.44. The number of ether oxygens (including phenoxy) is 1. The van der Waals surface area contributed by atoms with Crippen LogP contribution in [0.15, 0.2) is 24.4 Å². The molecule has 1 aromatic rings. The van der Waals surface area contributed by atoms with Crippen LogP contribution >= 0.6 is 0 Å². The minimum atomic E-state index is -3.18. The summed E-state index contributed by atoms with van der Waals surface area (Å²) in [6.45, 7) is 3.05. The van der Waals surface area contributed by atoms with Crippen LogP contribution < -0.4 is 4.74 Å². The van der Waals surface area contributed by atoms with Crippen LogP contribution in [0.4, 0.5) is 0 Å². The van der Waals surface area contributed by atoms with Crippen molar-refractivity contribution in [2.45, 2.75) is 24.5 Å². The Bertz CT molecular complexity index is 743. The van der Waals surface area contributed by atoms with E-state index >= 15 is 0 Å². The topological polar surface area (TPSA) is 76.6 Å². The highest BCUT2D eigenvalue weighted by Gasteiger charge is 2.63. The number of rotatable bonds is 4.